The van der Waals surface area contributed by atoms with Crippen molar-refractivity contribution in [3.8, 4) is 0 Å². The standard InChI is InChI=1S/C20H20N6O4/c1-12-2-3-18(21-10-12)24-19(27)13-4-6-25(7-5-13)16-9-15-14(8-17(16)26(29)30)20(28)23-11-22-15/h2-3,8-11,13H,4-7H2,1H3,(H,21,24,27)(H,22,23,28). The molecule has 1 aliphatic rings. The van der Waals surface area contributed by atoms with Crippen molar-refractivity contribution in [2.75, 3.05) is 23.3 Å². The maximum absolute atomic E-state index is 12.6. The van der Waals surface area contributed by atoms with Crippen LogP contribution in [0, 0.1) is 23.0 Å². The van der Waals surface area contributed by atoms with Crippen molar-refractivity contribution >= 4 is 34.0 Å². The molecule has 10 nitrogen and oxygen atoms in total. The van der Waals surface area contributed by atoms with Gasteiger partial charge >= 0.3 is 0 Å². The van der Waals surface area contributed by atoms with Crippen molar-refractivity contribution in [1.82, 2.24) is 15.0 Å². The quantitative estimate of drug-likeness (QED) is 0.500. The Labute approximate surface area is 171 Å². The number of hydrogen-bond donors (Lipinski definition) is 2. The number of nitrogens with zero attached hydrogens (tertiary/aromatic N) is 4. The van der Waals surface area contributed by atoms with E-state index in [0.717, 1.165) is 5.56 Å². The molecule has 2 aromatic heterocycles. The van der Waals surface area contributed by atoms with E-state index in [9.17, 15) is 19.7 Å². The number of piperidine rings is 1. The molecule has 0 spiro atoms. The second-order valence-electron chi connectivity index (χ2n) is 7.32. The first-order valence-electron chi connectivity index (χ1n) is 9.56. The second kappa shape index (κ2) is 7.90. The number of nitro benzene ring substituents is 1. The minimum atomic E-state index is -0.497. The molecule has 1 fully saturated rings. The maximum Gasteiger partial charge on any atom is 0.293 e. The van der Waals surface area contributed by atoms with Gasteiger partial charge in [0.25, 0.3) is 11.2 Å². The van der Waals surface area contributed by atoms with Crippen LogP contribution in [-0.2, 0) is 4.79 Å². The number of benzene rings is 1. The Morgan fingerprint density at radius 1 is 1.27 bits per heavy atom. The number of rotatable bonds is 4. The monoisotopic (exact) mass is 408 g/mol. The van der Waals surface area contributed by atoms with Gasteiger partial charge in [0.2, 0.25) is 5.91 Å². The summed E-state index contributed by atoms with van der Waals surface area (Å²) in [5.74, 6) is 0.201. The highest BCUT2D eigenvalue weighted by atomic mass is 16.6. The fourth-order valence-electron chi connectivity index (χ4n) is 3.64. The van der Waals surface area contributed by atoms with Gasteiger partial charge in [-0.2, -0.15) is 0 Å². The second-order valence-corrected chi connectivity index (χ2v) is 7.32. The number of anilines is 2. The van der Waals surface area contributed by atoms with Crippen LogP contribution >= 0.6 is 0 Å². The van der Waals surface area contributed by atoms with Gasteiger partial charge in [-0.1, -0.05) is 6.07 Å². The Morgan fingerprint density at radius 2 is 2.03 bits per heavy atom. The summed E-state index contributed by atoms with van der Waals surface area (Å²) < 4.78 is 0. The van der Waals surface area contributed by atoms with E-state index >= 15 is 0 Å². The average molecular weight is 408 g/mol. The van der Waals surface area contributed by atoms with E-state index in [0.29, 0.717) is 43.0 Å². The molecule has 0 atom stereocenters. The fraction of sp³-hybridized carbons (Fsp3) is 0.300. The van der Waals surface area contributed by atoms with Gasteiger partial charge in [0.05, 0.1) is 22.2 Å². The molecule has 1 amide bonds. The molecular formula is C20H20N6O4. The summed E-state index contributed by atoms with van der Waals surface area (Å²) in [5.41, 5.74) is 1.24. The first-order chi connectivity index (χ1) is 14.4. The zero-order valence-corrected chi connectivity index (χ0v) is 16.3. The van der Waals surface area contributed by atoms with Crippen molar-refractivity contribution < 1.29 is 9.72 Å². The molecule has 1 aliphatic heterocycles. The normalized spacial score (nSPS) is 14.6. The maximum atomic E-state index is 12.6. The molecule has 3 aromatic rings. The lowest BCUT2D eigenvalue weighted by atomic mass is 9.95. The predicted octanol–water partition coefficient (Wildman–Crippen LogP) is 2.39. The van der Waals surface area contributed by atoms with Crippen LogP contribution in [0.5, 0.6) is 0 Å². The SMILES string of the molecule is Cc1ccc(NC(=O)C2CCN(c3cc4nc[nH]c(=O)c4cc3[N+](=O)[O-])CC2)nc1. The van der Waals surface area contributed by atoms with E-state index < -0.39 is 10.5 Å². The molecule has 10 heteroatoms. The Bertz CT molecular complexity index is 1170. The largest absolute Gasteiger partial charge is 0.366 e. The zero-order valence-electron chi connectivity index (χ0n) is 16.3. The Balaban J connectivity index is 1.51. The summed E-state index contributed by atoms with van der Waals surface area (Å²) in [6.45, 7) is 2.88. The third-order valence-corrected chi connectivity index (χ3v) is 5.30. The van der Waals surface area contributed by atoms with Crippen LogP contribution in [-0.4, -0.2) is 38.9 Å². The number of nitrogens with one attached hydrogen (secondary N) is 2. The lowest BCUT2D eigenvalue weighted by molar-refractivity contribution is -0.384. The van der Waals surface area contributed by atoms with E-state index in [1.807, 2.05) is 17.9 Å². The molecule has 1 saturated heterocycles. The number of amides is 1. The fourth-order valence-corrected chi connectivity index (χ4v) is 3.64. The molecule has 0 unspecified atom stereocenters. The summed E-state index contributed by atoms with van der Waals surface area (Å²) in [7, 11) is 0. The highest BCUT2D eigenvalue weighted by Crippen LogP contribution is 2.34. The van der Waals surface area contributed by atoms with Crippen molar-refractivity contribution in [2.24, 2.45) is 5.92 Å². The van der Waals surface area contributed by atoms with Crippen LogP contribution in [0.2, 0.25) is 0 Å². The Hall–Kier alpha value is -3.82. The number of hydrogen-bond acceptors (Lipinski definition) is 7. The molecule has 1 aromatic carbocycles. The molecule has 0 bridgehead atoms. The minimum Gasteiger partial charge on any atom is -0.366 e. The number of carbonyl (C=O) groups excluding carboxylic acids is 1. The van der Waals surface area contributed by atoms with Crippen molar-refractivity contribution in [2.45, 2.75) is 19.8 Å². The molecule has 154 valence electrons. The highest BCUT2D eigenvalue weighted by molar-refractivity contribution is 5.92. The van der Waals surface area contributed by atoms with Gasteiger partial charge in [-0.3, -0.25) is 19.7 Å². The van der Waals surface area contributed by atoms with Crippen LogP contribution in [0.3, 0.4) is 0 Å². The third-order valence-electron chi connectivity index (χ3n) is 5.30. The van der Waals surface area contributed by atoms with Crippen LogP contribution in [0.4, 0.5) is 17.2 Å². The van der Waals surface area contributed by atoms with E-state index in [1.54, 1.807) is 18.3 Å². The van der Waals surface area contributed by atoms with Crippen LogP contribution in [0.25, 0.3) is 10.9 Å². The number of aryl methyl sites for hydroxylation is 1. The number of pyridine rings is 1. The van der Waals surface area contributed by atoms with Gasteiger partial charge in [-0.25, -0.2) is 9.97 Å². The molecule has 0 saturated carbocycles. The van der Waals surface area contributed by atoms with Crippen molar-refractivity contribution in [3.05, 3.63) is 62.8 Å². The molecule has 30 heavy (non-hydrogen) atoms. The van der Waals surface area contributed by atoms with Crippen molar-refractivity contribution in [3.63, 3.8) is 0 Å². The van der Waals surface area contributed by atoms with Gasteiger partial charge in [0, 0.05) is 31.3 Å². The van der Waals surface area contributed by atoms with Gasteiger partial charge in [-0.05, 0) is 37.5 Å². The van der Waals surface area contributed by atoms with E-state index in [-0.39, 0.29) is 22.9 Å². The smallest absolute Gasteiger partial charge is 0.293 e. The van der Waals surface area contributed by atoms with Crippen LogP contribution < -0.4 is 15.8 Å². The van der Waals surface area contributed by atoms with E-state index in [1.165, 1.54) is 12.4 Å². The average Bonchev–Trinajstić information content (AvgIpc) is 2.75. The van der Waals surface area contributed by atoms with E-state index in [2.05, 4.69) is 20.3 Å². The highest BCUT2D eigenvalue weighted by Gasteiger charge is 2.29. The van der Waals surface area contributed by atoms with Gasteiger partial charge in [0.15, 0.2) is 0 Å². The summed E-state index contributed by atoms with van der Waals surface area (Å²) >= 11 is 0. The number of aromatic amines is 1. The summed E-state index contributed by atoms with van der Waals surface area (Å²) in [6, 6.07) is 6.47. The predicted molar refractivity (Wildman–Crippen MR) is 112 cm³/mol. The first-order valence-corrected chi connectivity index (χ1v) is 9.56. The topological polar surface area (TPSA) is 134 Å². The van der Waals surface area contributed by atoms with Gasteiger partial charge in [0.1, 0.15) is 11.5 Å². The van der Waals surface area contributed by atoms with Crippen molar-refractivity contribution in [1.29, 1.82) is 0 Å². The molecule has 0 radical (unpaired) electrons. The molecular weight excluding hydrogens is 388 g/mol. The lowest BCUT2D eigenvalue weighted by Crippen LogP contribution is -2.38. The number of aromatic nitrogens is 3. The number of fused-ring (bicyclic) bond motifs is 1. The minimum absolute atomic E-state index is 0.104. The first kappa shape index (κ1) is 19.5. The summed E-state index contributed by atoms with van der Waals surface area (Å²) in [5, 5.41) is 14.6. The summed E-state index contributed by atoms with van der Waals surface area (Å²) in [6.07, 6.45) is 4.07. The molecule has 4 rings (SSSR count). The molecule has 3 heterocycles. The Kier molecular flexibility index (Phi) is 5.13. The van der Waals surface area contributed by atoms with Gasteiger partial charge < -0.3 is 15.2 Å². The number of carbonyl (C=O) groups is 1. The molecule has 2 N–H and O–H groups in total. The Morgan fingerprint density at radius 3 is 2.70 bits per heavy atom. The van der Waals surface area contributed by atoms with E-state index in [4.69, 9.17) is 0 Å². The summed E-state index contributed by atoms with van der Waals surface area (Å²) in [4.78, 5) is 48.2. The number of nitro groups is 1. The zero-order chi connectivity index (χ0) is 21.3. The van der Waals surface area contributed by atoms with Gasteiger partial charge in [-0.15, -0.1) is 0 Å². The lowest BCUT2D eigenvalue weighted by Gasteiger charge is -2.32. The third kappa shape index (κ3) is 3.84. The number of H-pyrrole nitrogens is 1. The van der Waals surface area contributed by atoms with Crippen LogP contribution in [0.15, 0.2) is 41.6 Å². The molecule has 0 aliphatic carbocycles. The van der Waals surface area contributed by atoms with Crippen LogP contribution in [0.1, 0.15) is 18.4 Å².